The molecule has 1 heterocycles. The number of aromatic nitrogens is 1. The molecule has 4 nitrogen and oxygen atoms in total. The minimum Gasteiger partial charge on any atom is -0.465 e. The van der Waals surface area contributed by atoms with Gasteiger partial charge >= 0.3 is 5.97 Å². The fourth-order valence-electron chi connectivity index (χ4n) is 1.70. The number of hydrogen-bond acceptors (Lipinski definition) is 3. The number of nitrogen functional groups attached to an aromatic ring is 1. The molecule has 0 fully saturated rings. The molecular weight excluding hydrogens is 204 g/mol. The van der Waals surface area contributed by atoms with Crippen molar-refractivity contribution in [2.24, 2.45) is 0 Å². The van der Waals surface area contributed by atoms with Gasteiger partial charge in [-0.3, -0.25) is 4.79 Å². The molecule has 0 amide bonds. The number of fused-ring (bicyclic) bond motifs is 1. The second kappa shape index (κ2) is 4.26. The van der Waals surface area contributed by atoms with Gasteiger partial charge in [-0.05, 0) is 31.2 Å². The Bertz CT molecular complexity index is 517. The van der Waals surface area contributed by atoms with Gasteiger partial charge in [0.2, 0.25) is 0 Å². The van der Waals surface area contributed by atoms with Crippen molar-refractivity contribution in [3.63, 3.8) is 0 Å². The molecule has 0 spiro atoms. The Kier molecular flexibility index (Phi) is 2.81. The van der Waals surface area contributed by atoms with Crippen molar-refractivity contribution in [3.8, 4) is 0 Å². The standard InChI is InChI=1S/C12H14N2O2/c1-2-16-12(15)8-14-6-5-9-7-10(13)3-4-11(9)14/h3-7H,2,8,13H2,1H3. The number of benzene rings is 1. The molecule has 0 radical (unpaired) electrons. The summed E-state index contributed by atoms with van der Waals surface area (Å²) < 4.78 is 6.76. The first-order chi connectivity index (χ1) is 7.70. The Hall–Kier alpha value is -1.97. The Labute approximate surface area is 93.6 Å². The average Bonchev–Trinajstić information content (AvgIpc) is 2.61. The maximum absolute atomic E-state index is 11.4. The highest BCUT2D eigenvalue weighted by atomic mass is 16.5. The molecule has 0 saturated heterocycles. The van der Waals surface area contributed by atoms with E-state index in [4.69, 9.17) is 10.5 Å². The molecule has 0 aliphatic rings. The lowest BCUT2D eigenvalue weighted by Gasteiger charge is -2.05. The van der Waals surface area contributed by atoms with Crippen LogP contribution in [0.25, 0.3) is 10.9 Å². The number of esters is 1. The molecule has 4 heteroatoms. The average molecular weight is 218 g/mol. The van der Waals surface area contributed by atoms with E-state index in [2.05, 4.69) is 0 Å². The fourth-order valence-corrected chi connectivity index (χ4v) is 1.70. The van der Waals surface area contributed by atoms with Crippen LogP contribution in [-0.2, 0) is 16.1 Å². The van der Waals surface area contributed by atoms with Crippen LogP contribution in [0.5, 0.6) is 0 Å². The van der Waals surface area contributed by atoms with Crippen molar-refractivity contribution in [3.05, 3.63) is 30.5 Å². The summed E-state index contributed by atoms with van der Waals surface area (Å²) in [6.45, 7) is 2.44. The van der Waals surface area contributed by atoms with Crippen molar-refractivity contribution in [2.45, 2.75) is 13.5 Å². The largest absolute Gasteiger partial charge is 0.465 e. The molecule has 2 aromatic rings. The second-order valence-electron chi connectivity index (χ2n) is 3.57. The van der Waals surface area contributed by atoms with E-state index in [1.54, 1.807) is 6.92 Å². The monoisotopic (exact) mass is 218 g/mol. The quantitative estimate of drug-likeness (QED) is 0.631. The minimum atomic E-state index is -0.225. The van der Waals surface area contributed by atoms with Crippen LogP contribution in [-0.4, -0.2) is 17.1 Å². The summed E-state index contributed by atoms with van der Waals surface area (Å²) in [5, 5.41) is 1.03. The SMILES string of the molecule is CCOC(=O)Cn1ccc2cc(N)ccc21. The first kappa shape index (κ1) is 10.5. The first-order valence-corrected chi connectivity index (χ1v) is 5.20. The van der Waals surface area contributed by atoms with Gasteiger partial charge < -0.3 is 15.0 Å². The van der Waals surface area contributed by atoms with Gasteiger partial charge in [-0.15, -0.1) is 0 Å². The molecule has 0 aliphatic carbocycles. The normalized spacial score (nSPS) is 10.6. The van der Waals surface area contributed by atoms with Gasteiger partial charge in [0.05, 0.1) is 6.61 Å². The number of rotatable bonds is 3. The van der Waals surface area contributed by atoms with Gasteiger partial charge in [-0.2, -0.15) is 0 Å². The lowest BCUT2D eigenvalue weighted by molar-refractivity contribution is -0.143. The highest BCUT2D eigenvalue weighted by Gasteiger charge is 2.06. The third-order valence-electron chi connectivity index (χ3n) is 2.40. The van der Waals surface area contributed by atoms with Crippen molar-refractivity contribution < 1.29 is 9.53 Å². The van der Waals surface area contributed by atoms with E-state index in [0.29, 0.717) is 6.61 Å². The smallest absolute Gasteiger partial charge is 0.325 e. The van der Waals surface area contributed by atoms with Crippen LogP contribution >= 0.6 is 0 Å². The predicted octanol–water partition coefficient (Wildman–Crippen LogP) is 1.79. The van der Waals surface area contributed by atoms with Gasteiger partial charge in [-0.25, -0.2) is 0 Å². The predicted molar refractivity (Wildman–Crippen MR) is 63.0 cm³/mol. The highest BCUT2D eigenvalue weighted by molar-refractivity contribution is 5.84. The highest BCUT2D eigenvalue weighted by Crippen LogP contribution is 2.18. The molecule has 16 heavy (non-hydrogen) atoms. The van der Waals surface area contributed by atoms with Crippen LogP contribution in [0.3, 0.4) is 0 Å². The van der Waals surface area contributed by atoms with Crippen LogP contribution in [0.15, 0.2) is 30.5 Å². The third-order valence-corrected chi connectivity index (χ3v) is 2.40. The van der Waals surface area contributed by atoms with E-state index < -0.39 is 0 Å². The number of nitrogens with zero attached hydrogens (tertiary/aromatic N) is 1. The van der Waals surface area contributed by atoms with Crippen molar-refractivity contribution in [1.82, 2.24) is 4.57 Å². The molecule has 1 aromatic heterocycles. The summed E-state index contributed by atoms with van der Waals surface area (Å²) in [5.74, 6) is -0.225. The van der Waals surface area contributed by atoms with E-state index in [1.807, 2.05) is 35.0 Å². The van der Waals surface area contributed by atoms with Crippen molar-refractivity contribution >= 4 is 22.6 Å². The summed E-state index contributed by atoms with van der Waals surface area (Å²) in [6.07, 6.45) is 1.86. The van der Waals surface area contributed by atoms with E-state index in [1.165, 1.54) is 0 Å². The molecule has 84 valence electrons. The summed E-state index contributed by atoms with van der Waals surface area (Å²) in [7, 11) is 0. The number of carbonyl (C=O) groups is 1. The van der Waals surface area contributed by atoms with E-state index in [9.17, 15) is 4.79 Å². The zero-order valence-corrected chi connectivity index (χ0v) is 9.14. The maximum atomic E-state index is 11.4. The molecule has 0 atom stereocenters. The van der Waals surface area contributed by atoms with Crippen LogP contribution in [0.4, 0.5) is 5.69 Å². The van der Waals surface area contributed by atoms with E-state index in [-0.39, 0.29) is 12.5 Å². The van der Waals surface area contributed by atoms with Gasteiger partial charge in [0.25, 0.3) is 0 Å². The Morgan fingerprint density at radius 3 is 3.00 bits per heavy atom. The number of carbonyl (C=O) groups excluding carboxylic acids is 1. The fraction of sp³-hybridized carbons (Fsp3) is 0.250. The third kappa shape index (κ3) is 2.00. The number of anilines is 1. The topological polar surface area (TPSA) is 57.2 Å². The van der Waals surface area contributed by atoms with E-state index in [0.717, 1.165) is 16.6 Å². The van der Waals surface area contributed by atoms with Crippen LogP contribution in [0.2, 0.25) is 0 Å². The van der Waals surface area contributed by atoms with Gasteiger partial charge in [0, 0.05) is 22.8 Å². The Morgan fingerprint density at radius 2 is 2.25 bits per heavy atom. The minimum absolute atomic E-state index is 0.225. The zero-order valence-electron chi connectivity index (χ0n) is 9.14. The van der Waals surface area contributed by atoms with Gasteiger partial charge in [0.15, 0.2) is 0 Å². The number of nitrogens with two attached hydrogens (primary N) is 1. The maximum Gasteiger partial charge on any atom is 0.325 e. The van der Waals surface area contributed by atoms with Crippen LogP contribution in [0.1, 0.15) is 6.92 Å². The van der Waals surface area contributed by atoms with Gasteiger partial charge in [0.1, 0.15) is 6.54 Å². The van der Waals surface area contributed by atoms with Gasteiger partial charge in [-0.1, -0.05) is 0 Å². The molecule has 2 N–H and O–H groups in total. The molecule has 2 rings (SSSR count). The zero-order chi connectivity index (χ0) is 11.5. The Morgan fingerprint density at radius 1 is 1.44 bits per heavy atom. The van der Waals surface area contributed by atoms with E-state index >= 15 is 0 Å². The van der Waals surface area contributed by atoms with Crippen LogP contribution in [0, 0.1) is 0 Å². The summed E-state index contributed by atoms with van der Waals surface area (Å²) in [5.41, 5.74) is 7.39. The molecule has 0 saturated carbocycles. The summed E-state index contributed by atoms with van der Waals surface area (Å²) in [4.78, 5) is 11.4. The molecule has 0 unspecified atom stereocenters. The van der Waals surface area contributed by atoms with Crippen LogP contribution < -0.4 is 5.73 Å². The summed E-state index contributed by atoms with van der Waals surface area (Å²) >= 11 is 0. The lowest BCUT2D eigenvalue weighted by Crippen LogP contribution is -2.12. The first-order valence-electron chi connectivity index (χ1n) is 5.20. The van der Waals surface area contributed by atoms with Crippen molar-refractivity contribution in [2.75, 3.05) is 12.3 Å². The second-order valence-corrected chi connectivity index (χ2v) is 3.57. The molecule has 0 bridgehead atoms. The molecule has 1 aromatic carbocycles. The molecular formula is C12H14N2O2. The molecule has 0 aliphatic heterocycles. The number of hydrogen-bond donors (Lipinski definition) is 1. The van der Waals surface area contributed by atoms with Crippen molar-refractivity contribution in [1.29, 1.82) is 0 Å². The number of ether oxygens (including phenoxy) is 1. The Balaban J connectivity index is 2.28. The lowest BCUT2D eigenvalue weighted by atomic mass is 10.2. The summed E-state index contributed by atoms with van der Waals surface area (Å²) in [6, 6.07) is 7.55.